The van der Waals surface area contributed by atoms with E-state index >= 15 is 0 Å². The summed E-state index contributed by atoms with van der Waals surface area (Å²) in [6.07, 6.45) is 2.13. The third-order valence-electron chi connectivity index (χ3n) is 5.40. The predicted molar refractivity (Wildman–Crippen MR) is 110 cm³/mol. The molecule has 0 spiro atoms. The number of carbonyl (C=O) groups is 1. The molecule has 1 amide bonds. The second kappa shape index (κ2) is 7.50. The zero-order chi connectivity index (χ0) is 19.7. The number of hydrogen-bond donors (Lipinski definition) is 1. The van der Waals surface area contributed by atoms with Gasteiger partial charge in [-0.15, -0.1) is 0 Å². The summed E-state index contributed by atoms with van der Waals surface area (Å²) < 4.78 is 7.50. The van der Waals surface area contributed by atoms with Crippen molar-refractivity contribution in [1.29, 1.82) is 0 Å². The molecule has 0 atom stereocenters. The lowest BCUT2D eigenvalue weighted by Crippen LogP contribution is -2.14. The quantitative estimate of drug-likeness (QED) is 0.739. The van der Waals surface area contributed by atoms with Gasteiger partial charge in [-0.05, 0) is 48.7 Å². The van der Waals surface area contributed by atoms with Gasteiger partial charge in [-0.1, -0.05) is 24.3 Å². The highest BCUT2D eigenvalue weighted by Gasteiger charge is 2.14. The average molecular weight is 375 g/mol. The normalized spacial score (nSPS) is 12.5. The number of aryl methyl sites for hydroxylation is 2. The minimum atomic E-state index is -0.0235. The molecule has 2 aromatic carbocycles. The van der Waals surface area contributed by atoms with Crippen LogP contribution < -0.4 is 10.1 Å². The van der Waals surface area contributed by atoms with E-state index in [0.29, 0.717) is 6.42 Å². The molecule has 5 nitrogen and oxygen atoms in total. The van der Waals surface area contributed by atoms with Gasteiger partial charge in [0.1, 0.15) is 5.75 Å². The molecule has 1 N–H and O–H groups in total. The molecular weight excluding hydrogens is 350 g/mol. The second-order valence-corrected chi connectivity index (χ2v) is 7.41. The van der Waals surface area contributed by atoms with Crippen molar-refractivity contribution in [2.24, 2.45) is 7.05 Å². The Bertz CT molecular complexity index is 1020. The second-order valence-electron chi connectivity index (χ2n) is 7.41. The van der Waals surface area contributed by atoms with Gasteiger partial charge in [0.2, 0.25) is 5.91 Å². The van der Waals surface area contributed by atoms with Crippen molar-refractivity contribution in [2.45, 2.75) is 33.1 Å². The lowest BCUT2D eigenvalue weighted by Gasteiger charge is -2.08. The number of nitrogens with one attached hydrogen (secondary N) is 1. The lowest BCUT2D eigenvalue weighted by atomic mass is 10.0. The summed E-state index contributed by atoms with van der Waals surface area (Å²) >= 11 is 0. The molecule has 3 aromatic rings. The monoisotopic (exact) mass is 375 g/mol. The average Bonchev–Trinajstić information content (AvgIpc) is 3.22. The number of nitrogens with zero attached hydrogens (tertiary/aromatic N) is 2. The van der Waals surface area contributed by atoms with Gasteiger partial charge in [-0.2, -0.15) is 5.10 Å². The van der Waals surface area contributed by atoms with Crippen molar-refractivity contribution in [3.8, 4) is 5.75 Å². The van der Waals surface area contributed by atoms with E-state index in [2.05, 4.69) is 35.5 Å². The first kappa shape index (κ1) is 18.3. The molecule has 2 heterocycles. The Morgan fingerprint density at radius 3 is 2.61 bits per heavy atom. The van der Waals surface area contributed by atoms with E-state index in [1.807, 2.05) is 42.9 Å². The van der Waals surface area contributed by atoms with Crippen LogP contribution in [0.25, 0.3) is 0 Å². The Kier molecular flexibility index (Phi) is 4.90. The van der Waals surface area contributed by atoms with Crippen LogP contribution in [0.15, 0.2) is 42.5 Å². The number of rotatable bonds is 5. The van der Waals surface area contributed by atoms with Crippen LogP contribution >= 0.6 is 0 Å². The largest absolute Gasteiger partial charge is 0.493 e. The van der Waals surface area contributed by atoms with Crippen LogP contribution in [0.5, 0.6) is 5.75 Å². The van der Waals surface area contributed by atoms with Gasteiger partial charge in [0.15, 0.2) is 0 Å². The molecule has 0 bridgehead atoms. The standard InChI is InChI=1S/C23H25N3O2/c1-15-21(16(2)26(3)25-15)12-17-5-8-20(9-6-17)24-23(27)14-18-4-7-19-10-11-28-22(19)13-18/h4-9,13H,10-12,14H2,1-3H3,(H,24,27). The van der Waals surface area contributed by atoms with Gasteiger partial charge >= 0.3 is 0 Å². The highest BCUT2D eigenvalue weighted by Crippen LogP contribution is 2.26. The highest BCUT2D eigenvalue weighted by atomic mass is 16.5. The molecule has 0 saturated heterocycles. The molecule has 5 heteroatoms. The Morgan fingerprint density at radius 1 is 1.14 bits per heavy atom. The Labute approximate surface area is 165 Å². The molecule has 4 rings (SSSR count). The first-order valence-electron chi connectivity index (χ1n) is 9.62. The lowest BCUT2D eigenvalue weighted by molar-refractivity contribution is -0.115. The van der Waals surface area contributed by atoms with Crippen molar-refractivity contribution in [2.75, 3.05) is 11.9 Å². The van der Waals surface area contributed by atoms with E-state index in [1.165, 1.54) is 22.4 Å². The number of fused-ring (bicyclic) bond motifs is 1. The molecule has 0 fully saturated rings. The fourth-order valence-electron chi connectivity index (χ4n) is 3.69. The molecule has 0 aliphatic carbocycles. The van der Waals surface area contributed by atoms with E-state index in [-0.39, 0.29) is 5.91 Å². The summed E-state index contributed by atoms with van der Waals surface area (Å²) in [7, 11) is 1.97. The zero-order valence-electron chi connectivity index (χ0n) is 16.6. The number of benzene rings is 2. The van der Waals surface area contributed by atoms with Gasteiger partial charge in [0.25, 0.3) is 0 Å². The Morgan fingerprint density at radius 2 is 1.89 bits per heavy atom. The topological polar surface area (TPSA) is 56.2 Å². The van der Waals surface area contributed by atoms with Crippen molar-refractivity contribution >= 4 is 11.6 Å². The van der Waals surface area contributed by atoms with E-state index < -0.39 is 0 Å². The summed E-state index contributed by atoms with van der Waals surface area (Å²) in [4.78, 5) is 12.4. The van der Waals surface area contributed by atoms with E-state index in [1.54, 1.807) is 0 Å². The van der Waals surface area contributed by atoms with Crippen LogP contribution in [0.3, 0.4) is 0 Å². The fraction of sp³-hybridized carbons (Fsp3) is 0.304. The van der Waals surface area contributed by atoms with Crippen molar-refractivity contribution in [3.05, 3.63) is 76.1 Å². The van der Waals surface area contributed by atoms with Gasteiger partial charge in [-0.25, -0.2) is 0 Å². The summed E-state index contributed by atoms with van der Waals surface area (Å²) in [5, 5.41) is 7.46. The third kappa shape index (κ3) is 3.79. The molecule has 0 saturated carbocycles. The summed E-state index contributed by atoms with van der Waals surface area (Å²) in [5.41, 5.74) is 7.72. The highest BCUT2D eigenvalue weighted by molar-refractivity contribution is 5.92. The van der Waals surface area contributed by atoms with Crippen molar-refractivity contribution in [3.63, 3.8) is 0 Å². The SMILES string of the molecule is Cc1nn(C)c(C)c1Cc1ccc(NC(=O)Cc2ccc3c(c2)OCC3)cc1. The molecule has 144 valence electrons. The minimum Gasteiger partial charge on any atom is -0.493 e. The number of ether oxygens (including phenoxy) is 1. The summed E-state index contributed by atoms with van der Waals surface area (Å²) in [6.45, 7) is 4.87. The van der Waals surface area contributed by atoms with Crippen molar-refractivity contribution < 1.29 is 9.53 Å². The Balaban J connectivity index is 1.38. The number of carbonyl (C=O) groups excluding carboxylic acids is 1. The van der Waals surface area contributed by atoms with Crippen LogP contribution in [-0.2, 0) is 31.1 Å². The number of anilines is 1. The summed E-state index contributed by atoms with van der Waals surface area (Å²) in [5.74, 6) is 0.889. The van der Waals surface area contributed by atoms with E-state index in [0.717, 1.165) is 42.1 Å². The minimum absolute atomic E-state index is 0.0235. The molecule has 0 radical (unpaired) electrons. The number of aromatic nitrogens is 2. The van der Waals surface area contributed by atoms with Gasteiger partial charge in [0.05, 0.1) is 18.7 Å². The van der Waals surface area contributed by atoms with Gasteiger partial charge in [-0.3, -0.25) is 9.48 Å². The molecule has 0 unspecified atom stereocenters. The van der Waals surface area contributed by atoms with Crippen LogP contribution in [0.1, 0.15) is 33.6 Å². The fourth-order valence-corrected chi connectivity index (χ4v) is 3.69. The zero-order valence-corrected chi connectivity index (χ0v) is 16.6. The first-order valence-corrected chi connectivity index (χ1v) is 9.62. The predicted octanol–water partition coefficient (Wildman–Crippen LogP) is 3.74. The maximum Gasteiger partial charge on any atom is 0.228 e. The van der Waals surface area contributed by atoms with E-state index in [4.69, 9.17) is 4.74 Å². The van der Waals surface area contributed by atoms with E-state index in [9.17, 15) is 4.79 Å². The van der Waals surface area contributed by atoms with Gasteiger partial charge in [0, 0.05) is 36.8 Å². The number of amides is 1. The first-order chi connectivity index (χ1) is 13.5. The van der Waals surface area contributed by atoms with Crippen LogP contribution in [0.2, 0.25) is 0 Å². The van der Waals surface area contributed by atoms with Crippen molar-refractivity contribution in [1.82, 2.24) is 9.78 Å². The van der Waals surface area contributed by atoms with Crippen LogP contribution in [0.4, 0.5) is 5.69 Å². The Hall–Kier alpha value is -3.08. The third-order valence-corrected chi connectivity index (χ3v) is 5.40. The molecule has 1 aromatic heterocycles. The number of hydrogen-bond acceptors (Lipinski definition) is 3. The molecule has 1 aliphatic rings. The van der Waals surface area contributed by atoms with Crippen LogP contribution in [0, 0.1) is 13.8 Å². The molecular formula is C23H25N3O2. The molecule has 1 aliphatic heterocycles. The summed E-state index contributed by atoms with van der Waals surface area (Å²) in [6, 6.07) is 14.1. The maximum absolute atomic E-state index is 12.4. The van der Waals surface area contributed by atoms with Gasteiger partial charge < -0.3 is 10.1 Å². The molecule has 28 heavy (non-hydrogen) atoms. The maximum atomic E-state index is 12.4. The smallest absolute Gasteiger partial charge is 0.228 e. The van der Waals surface area contributed by atoms with Crippen LogP contribution in [-0.4, -0.2) is 22.3 Å².